The third-order valence-corrected chi connectivity index (χ3v) is 3.16. The number of carbonyl (C=O) groups is 1. The number of carbonyl (C=O) groups excluding carboxylic acids is 1. The lowest BCUT2D eigenvalue weighted by Gasteiger charge is -2.14. The van der Waals surface area contributed by atoms with Crippen LogP contribution in [0, 0.1) is 5.82 Å². The van der Waals surface area contributed by atoms with Crippen LogP contribution in [-0.2, 0) is 0 Å². The number of Topliss-reactive ketones (excluding diaryl/α,β-unsaturated/α-hetero) is 1. The zero-order valence-corrected chi connectivity index (χ0v) is 10.5. The largest absolute Gasteiger partial charge is 0.496 e. The van der Waals surface area contributed by atoms with Gasteiger partial charge in [0.05, 0.1) is 31.4 Å². The van der Waals surface area contributed by atoms with Crippen LogP contribution in [0.25, 0.3) is 0 Å². The minimum absolute atomic E-state index is 0.00787. The van der Waals surface area contributed by atoms with Gasteiger partial charge in [-0.3, -0.25) is 9.69 Å². The fraction of sp³-hybridized carbons (Fsp3) is 0.462. The summed E-state index contributed by atoms with van der Waals surface area (Å²) in [5, 5.41) is 18.8. The highest BCUT2D eigenvalue weighted by atomic mass is 19.1. The van der Waals surface area contributed by atoms with E-state index in [0.717, 1.165) is 6.07 Å². The Balaban J connectivity index is 2.10. The molecule has 2 rings (SSSR count). The second-order valence-electron chi connectivity index (χ2n) is 4.60. The zero-order chi connectivity index (χ0) is 14.0. The van der Waals surface area contributed by atoms with Crippen LogP contribution in [0.5, 0.6) is 5.75 Å². The molecule has 0 aromatic heterocycles. The average Bonchev–Trinajstić information content (AvgIpc) is 2.68. The molecule has 2 unspecified atom stereocenters. The summed E-state index contributed by atoms with van der Waals surface area (Å²) in [5.74, 6) is -0.505. The maximum Gasteiger partial charge on any atom is 0.180 e. The first-order valence-electron chi connectivity index (χ1n) is 5.96. The Bertz CT molecular complexity index is 470. The van der Waals surface area contributed by atoms with E-state index in [9.17, 15) is 19.4 Å². The third kappa shape index (κ3) is 3.09. The molecule has 1 fully saturated rings. The number of hydrogen-bond donors (Lipinski definition) is 2. The molecule has 0 aliphatic carbocycles. The van der Waals surface area contributed by atoms with Crippen LogP contribution in [0.4, 0.5) is 4.39 Å². The van der Waals surface area contributed by atoms with E-state index in [-0.39, 0.29) is 31.0 Å². The highest BCUT2D eigenvalue weighted by Gasteiger charge is 2.31. The van der Waals surface area contributed by atoms with Crippen molar-refractivity contribution < 1.29 is 24.1 Å². The molecule has 2 atom stereocenters. The van der Waals surface area contributed by atoms with Gasteiger partial charge in [-0.05, 0) is 18.2 Å². The summed E-state index contributed by atoms with van der Waals surface area (Å²) < 4.78 is 18.2. The number of aliphatic hydroxyl groups excluding tert-OH is 2. The molecule has 6 heteroatoms. The molecule has 1 aromatic rings. The first kappa shape index (κ1) is 13.9. The van der Waals surface area contributed by atoms with E-state index in [2.05, 4.69) is 0 Å². The van der Waals surface area contributed by atoms with Gasteiger partial charge >= 0.3 is 0 Å². The Morgan fingerprint density at radius 2 is 2.05 bits per heavy atom. The first-order chi connectivity index (χ1) is 9.01. The molecule has 1 aromatic carbocycles. The van der Waals surface area contributed by atoms with Gasteiger partial charge in [0.15, 0.2) is 5.78 Å². The van der Waals surface area contributed by atoms with E-state index in [1.807, 2.05) is 0 Å². The number of halogens is 1. The van der Waals surface area contributed by atoms with Gasteiger partial charge in [0, 0.05) is 13.1 Å². The maximum atomic E-state index is 13.2. The lowest BCUT2D eigenvalue weighted by atomic mass is 10.1. The van der Waals surface area contributed by atoms with Crippen molar-refractivity contribution in [3.63, 3.8) is 0 Å². The van der Waals surface area contributed by atoms with Gasteiger partial charge in [0.25, 0.3) is 0 Å². The number of nitrogens with zero attached hydrogens (tertiary/aromatic N) is 1. The topological polar surface area (TPSA) is 70.0 Å². The van der Waals surface area contributed by atoms with Crippen LogP contribution in [-0.4, -0.2) is 59.8 Å². The molecule has 2 N–H and O–H groups in total. The molecule has 0 amide bonds. The lowest BCUT2D eigenvalue weighted by Crippen LogP contribution is -2.29. The molecule has 5 nitrogen and oxygen atoms in total. The molecule has 1 heterocycles. The Morgan fingerprint density at radius 3 is 2.63 bits per heavy atom. The van der Waals surface area contributed by atoms with Gasteiger partial charge in [-0.2, -0.15) is 0 Å². The predicted octanol–water partition coefficient (Wildman–Crippen LogP) is 0.0544. The van der Waals surface area contributed by atoms with Gasteiger partial charge in [0.2, 0.25) is 0 Å². The van der Waals surface area contributed by atoms with E-state index >= 15 is 0 Å². The minimum atomic E-state index is -0.845. The van der Waals surface area contributed by atoms with Crippen molar-refractivity contribution in [1.82, 2.24) is 4.90 Å². The Morgan fingerprint density at radius 1 is 1.42 bits per heavy atom. The third-order valence-electron chi connectivity index (χ3n) is 3.16. The summed E-state index contributed by atoms with van der Waals surface area (Å²) >= 11 is 0. The molecule has 0 saturated carbocycles. The summed E-state index contributed by atoms with van der Waals surface area (Å²) in [6, 6.07) is 3.75. The zero-order valence-electron chi connectivity index (χ0n) is 10.5. The van der Waals surface area contributed by atoms with E-state index in [0.29, 0.717) is 5.75 Å². The molecular formula is C13H16FNO4. The predicted molar refractivity (Wildman–Crippen MR) is 65.7 cm³/mol. The number of β-amino-alcohol motifs (C(OH)–C–C–N with tert-alkyl or cyclic N) is 2. The fourth-order valence-corrected chi connectivity index (χ4v) is 2.16. The van der Waals surface area contributed by atoms with E-state index < -0.39 is 18.0 Å². The minimum Gasteiger partial charge on any atom is -0.496 e. The summed E-state index contributed by atoms with van der Waals surface area (Å²) in [7, 11) is 1.41. The highest BCUT2D eigenvalue weighted by Crippen LogP contribution is 2.21. The number of ketones is 1. The van der Waals surface area contributed by atoms with Crippen molar-refractivity contribution in [1.29, 1.82) is 0 Å². The summed E-state index contributed by atoms with van der Waals surface area (Å²) in [6.07, 6.45) is -1.69. The molecule has 0 bridgehead atoms. The number of hydrogen-bond acceptors (Lipinski definition) is 5. The first-order valence-corrected chi connectivity index (χ1v) is 5.96. The molecular weight excluding hydrogens is 253 g/mol. The van der Waals surface area contributed by atoms with Gasteiger partial charge < -0.3 is 14.9 Å². The van der Waals surface area contributed by atoms with Crippen molar-refractivity contribution in [2.75, 3.05) is 26.7 Å². The monoisotopic (exact) mass is 269 g/mol. The van der Waals surface area contributed by atoms with Crippen molar-refractivity contribution in [3.05, 3.63) is 29.6 Å². The van der Waals surface area contributed by atoms with Crippen LogP contribution in [0.2, 0.25) is 0 Å². The highest BCUT2D eigenvalue weighted by molar-refractivity contribution is 6.00. The van der Waals surface area contributed by atoms with Crippen molar-refractivity contribution in [3.8, 4) is 5.75 Å². The van der Waals surface area contributed by atoms with E-state index in [4.69, 9.17) is 4.74 Å². The number of methoxy groups -OCH3 is 1. The fourth-order valence-electron chi connectivity index (χ4n) is 2.16. The van der Waals surface area contributed by atoms with Gasteiger partial charge in [-0.25, -0.2) is 4.39 Å². The van der Waals surface area contributed by atoms with Gasteiger partial charge in [-0.1, -0.05) is 0 Å². The second kappa shape index (κ2) is 5.64. The number of ether oxygens (including phenoxy) is 1. The van der Waals surface area contributed by atoms with Crippen LogP contribution < -0.4 is 4.74 Å². The van der Waals surface area contributed by atoms with Crippen LogP contribution in [0.1, 0.15) is 10.4 Å². The molecule has 19 heavy (non-hydrogen) atoms. The Hall–Kier alpha value is -1.50. The van der Waals surface area contributed by atoms with E-state index in [1.165, 1.54) is 19.2 Å². The van der Waals surface area contributed by atoms with Crippen LogP contribution in [0.3, 0.4) is 0 Å². The second-order valence-corrected chi connectivity index (χ2v) is 4.60. The molecule has 0 spiro atoms. The summed E-state index contributed by atoms with van der Waals surface area (Å²) in [5.41, 5.74) is 0.165. The molecule has 1 saturated heterocycles. The lowest BCUT2D eigenvalue weighted by molar-refractivity contribution is 0.0572. The van der Waals surface area contributed by atoms with E-state index in [1.54, 1.807) is 4.90 Å². The van der Waals surface area contributed by atoms with Crippen LogP contribution in [0.15, 0.2) is 18.2 Å². The smallest absolute Gasteiger partial charge is 0.180 e. The molecule has 104 valence electrons. The molecule has 1 aliphatic heterocycles. The van der Waals surface area contributed by atoms with Crippen molar-refractivity contribution in [2.24, 2.45) is 0 Å². The number of aliphatic hydroxyl groups is 2. The molecule has 1 aliphatic rings. The van der Waals surface area contributed by atoms with Gasteiger partial charge in [-0.15, -0.1) is 0 Å². The number of rotatable bonds is 4. The van der Waals surface area contributed by atoms with Crippen LogP contribution >= 0.6 is 0 Å². The number of benzene rings is 1. The summed E-state index contributed by atoms with van der Waals surface area (Å²) in [4.78, 5) is 13.7. The SMILES string of the molecule is COc1ccc(F)cc1C(=O)CN1CC(O)C(O)C1. The number of likely N-dealkylation sites (tertiary alicyclic amines) is 1. The summed E-state index contributed by atoms with van der Waals surface area (Å²) in [6.45, 7) is 0.461. The quantitative estimate of drug-likeness (QED) is 0.756. The maximum absolute atomic E-state index is 13.2. The van der Waals surface area contributed by atoms with Crippen molar-refractivity contribution in [2.45, 2.75) is 12.2 Å². The normalized spacial score (nSPS) is 23.6. The average molecular weight is 269 g/mol. The van der Waals surface area contributed by atoms with Crippen molar-refractivity contribution >= 4 is 5.78 Å². The molecule has 0 radical (unpaired) electrons. The Kier molecular flexibility index (Phi) is 4.14. The standard InChI is InChI=1S/C13H16FNO4/c1-19-13-3-2-8(14)4-9(13)10(16)5-15-6-11(17)12(18)7-15/h2-4,11-12,17-18H,5-7H2,1H3. The van der Waals surface area contributed by atoms with Gasteiger partial charge in [0.1, 0.15) is 11.6 Å². The Labute approximate surface area is 110 Å².